The first-order chi connectivity index (χ1) is 22.7. The molecule has 240 valence electrons. The van der Waals surface area contributed by atoms with Crippen LogP contribution in [-0.2, 0) is 30.8 Å². The molecular weight excluding hydrogens is 618 g/mol. The van der Waals surface area contributed by atoms with Crippen molar-refractivity contribution in [3.05, 3.63) is 81.7 Å². The van der Waals surface area contributed by atoms with Crippen LogP contribution in [-0.4, -0.2) is 85.9 Å². The van der Waals surface area contributed by atoms with Crippen molar-refractivity contribution in [1.82, 2.24) is 34.9 Å². The van der Waals surface area contributed by atoms with Crippen molar-refractivity contribution in [1.29, 1.82) is 5.26 Å². The number of hydrogen-bond acceptors (Lipinski definition) is 9. The van der Waals surface area contributed by atoms with Crippen molar-refractivity contribution in [2.24, 2.45) is 0 Å². The predicted octanol–water partition coefficient (Wildman–Crippen LogP) is 4.37. The van der Waals surface area contributed by atoms with Crippen molar-refractivity contribution in [2.75, 3.05) is 38.1 Å². The van der Waals surface area contributed by atoms with Gasteiger partial charge in [-0.25, -0.2) is 0 Å². The standard InChI is InChI=1S/C34H34ClN9O3/c1-4-29(45)44-13-12-42(17-22(44)8-10-36)32-25-18-43(33(46)30-24-15-37-40-26(24)14-20(2)31(30)35)19-27(25)38-34(39-32)47-28-7-5-6-21-16-41(3)11-9-23(21)28/h4-7,14-15,22H,1,8-9,11-13,16-19H2,2-3H3,(H,37,40)/t22-/m0/s1. The van der Waals surface area contributed by atoms with Crippen LogP contribution in [0.25, 0.3) is 10.9 Å². The number of aromatic nitrogens is 4. The Hall–Kier alpha value is -4.99. The first-order valence-electron chi connectivity index (χ1n) is 15.6. The quantitative estimate of drug-likeness (QED) is 0.302. The second-order valence-electron chi connectivity index (χ2n) is 12.3. The Balaban J connectivity index is 1.26. The number of benzene rings is 2. The molecule has 0 unspecified atom stereocenters. The number of nitrogens with one attached hydrogen (secondary N) is 1. The van der Waals surface area contributed by atoms with E-state index >= 15 is 0 Å². The maximum absolute atomic E-state index is 14.2. The Kier molecular flexibility index (Phi) is 8.03. The zero-order chi connectivity index (χ0) is 32.8. The Labute approximate surface area is 277 Å². The molecule has 0 radical (unpaired) electrons. The van der Waals surface area contributed by atoms with E-state index in [0.717, 1.165) is 41.7 Å². The van der Waals surface area contributed by atoms with Gasteiger partial charge in [-0.05, 0) is 49.7 Å². The minimum Gasteiger partial charge on any atom is -0.424 e. The summed E-state index contributed by atoms with van der Waals surface area (Å²) in [5.74, 6) is 0.896. The number of halogens is 1. The molecule has 13 heteroatoms. The summed E-state index contributed by atoms with van der Waals surface area (Å²) in [4.78, 5) is 44.3. The molecule has 0 spiro atoms. The molecule has 47 heavy (non-hydrogen) atoms. The minimum atomic E-state index is -0.355. The molecule has 5 heterocycles. The second kappa shape index (κ2) is 12.3. The molecular formula is C34H34ClN9O3. The first kappa shape index (κ1) is 30.7. The monoisotopic (exact) mass is 651 g/mol. The van der Waals surface area contributed by atoms with Crippen LogP contribution in [0.5, 0.6) is 11.8 Å². The molecule has 1 saturated heterocycles. The summed E-state index contributed by atoms with van der Waals surface area (Å²) >= 11 is 6.73. The number of rotatable bonds is 6. The van der Waals surface area contributed by atoms with Gasteiger partial charge in [0.2, 0.25) is 5.91 Å². The second-order valence-corrected chi connectivity index (χ2v) is 12.7. The molecule has 3 aliphatic rings. The number of carbonyl (C=O) groups excluding carboxylic acids is 2. The summed E-state index contributed by atoms with van der Waals surface area (Å²) < 4.78 is 6.45. The Morgan fingerprint density at radius 1 is 1.19 bits per heavy atom. The van der Waals surface area contributed by atoms with Gasteiger partial charge in [0.15, 0.2) is 0 Å². The van der Waals surface area contributed by atoms with Gasteiger partial charge in [-0.15, -0.1) is 0 Å². The van der Waals surface area contributed by atoms with Gasteiger partial charge in [0.1, 0.15) is 11.6 Å². The van der Waals surface area contributed by atoms with E-state index in [0.29, 0.717) is 52.9 Å². The van der Waals surface area contributed by atoms with Crippen LogP contribution in [0.4, 0.5) is 5.82 Å². The van der Waals surface area contributed by atoms with E-state index in [1.165, 1.54) is 11.6 Å². The van der Waals surface area contributed by atoms with Crippen LogP contribution in [0.3, 0.4) is 0 Å². The fraction of sp³-hybridized carbons (Fsp3) is 0.353. The number of ether oxygens (including phenoxy) is 1. The Bertz CT molecular complexity index is 1970. The van der Waals surface area contributed by atoms with Crippen LogP contribution < -0.4 is 9.64 Å². The van der Waals surface area contributed by atoms with Crippen molar-refractivity contribution < 1.29 is 14.3 Å². The molecule has 2 amide bonds. The van der Waals surface area contributed by atoms with Crippen LogP contribution >= 0.6 is 11.6 Å². The maximum atomic E-state index is 14.2. The summed E-state index contributed by atoms with van der Waals surface area (Å²) in [5.41, 5.74) is 5.71. The molecule has 0 bridgehead atoms. The number of H-pyrrole nitrogens is 1. The number of fused-ring (bicyclic) bond motifs is 3. The van der Waals surface area contributed by atoms with Crippen LogP contribution in [0, 0.1) is 18.3 Å². The van der Waals surface area contributed by atoms with Crippen molar-refractivity contribution in [3.63, 3.8) is 0 Å². The van der Waals surface area contributed by atoms with Gasteiger partial charge in [0.25, 0.3) is 5.91 Å². The van der Waals surface area contributed by atoms with Crippen molar-refractivity contribution in [3.8, 4) is 17.8 Å². The van der Waals surface area contributed by atoms with E-state index in [4.69, 9.17) is 26.3 Å². The van der Waals surface area contributed by atoms with E-state index in [1.807, 2.05) is 25.1 Å². The van der Waals surface area contributed by atoms with E-state index in [9.17, 15) is 14.9 Å². The molecule has 12 nitrogen and oxygen atoms in total. The number of nitrogens with zero attached hydrogens (tertiary/aromatic N) is 8. The van der Waals surface area contributed by atoms with Crippen molar-refractivity contribution in [2.45, 2.75) is 45.4 Å². The number of nitriles is 1. The highest BCUT2D eigenvalue weighted by Crippen LogP contribution is 2.38. The SMILES string of the molecule is C=CC(=O)N1CCN(c2nc(Oc3cccc4c3CCN(C)C4)nc3c2CN(C(=O)c2c(Cl)c(C)cc4[nH]ncc24)C3)C[C@@H]1CC#N. The highest BCUT2D eigenvalue weighted by Gasteiger charge is 2.36. The normalized spacial score (nSPS) is 17.7. The lowest BCUT2D eigenvalue weighted by Crippen LogP contribution is -2.55. The minimum absolute atomic E-state index is 0.161. The number of anilines is 1. The van der Waals surface area contributed by atoms with E-state index in [-0.39, 0.29) is 43.4 Å². The molecule has 4 aromatic rings. The molecule has 1 atom stereocenters. The summed E-state index contributed by atoms with van der Waals surface area (Å²) in [6, 6.07) is 9.96. The zero-order valence-electron chi connectivity index (χ0n) is 26.3. The summed E-state index contributed by atoms with van der Waals surface area (Å²) in [6.07, 6.45) is 3.90. The average molecular weight is 652 g/mol. The number of piperazine rings is 1. The van der Waals surface area contributed by atoms with E-state index in [2.05, 4.69) is 45.8 Å². The average Bonchev–Trinajstić information content (AvgIpc) is 3.71. The number of aromatic amines is 1. The Morgan fingerprint density at radius 3 is 2.85 bits per heavy atom. The third-order valence-corrected chi connectivity index (χ3v) is 9.77. The lowest BCUT2D eigenvalue weighted by Gasteiger charge is -2.41. The van der Waals surface area contributed by atoms with Gasteiger partial charge in [0.05, 0.1) is 59.6 Å². The lowest BCUT2D eigenvalue weighted by atomic mass is 9.99. The summed E-state index contributed by atoms with van der Waals surface area (Å²) in [5, 5.41) is 17.7. The third kappa shape index (κ3) is 5.55. The predicted molar refractivity (Wildman–Crippen MR) is 176 cm³/mol. The fourth-order valence-corrected chi connectivity index (χ4v) is 7.12. The topological polar surface area (TPSA) is 135 Å². The number of hydrogen-bond donors (Lipinski definition) is 1. The molecule has 1 fully saturated rings. The van der Waals surface area contributed by atoms with E-state index < -0.39 is 0 Å². The number of likely N-dealkylation sites (N-methyl/N-ethyl adjacent to an activating group) is 1. The molecule has 0 saturated carbocycles. The Morgan fingerprint density at radius 2 is 2.04 bits per heavy atom. The highest BCUT2D eigenvalue weighted by molar-refractivity contribution is 6.36. The zero-order valence-corrected chi connectivity index (χ0v) is 27.0. The van der Waals surface area contributed by atoms with Crippen LogP contribution in [0.2, 0.25) is 5.02 Å². The lowest BCUT2D eigenvalue weighted by molar-refractivity contribution is -0.128. The maximum Gasteiger partial charge on any atom is 0.324 e. The van der Waals surface area contributed by atoms with Crippen LogP contribution in [0.15, 0.2) is 43.1 Å². The van der Waals surface area contributed by atoms with Gasteiger partial charge < -0.3 is 24.3 Å². The largest absolute Gasteiger partial charge is 0.424 e. The number of aryl methyl sites for hydroxylation is 1. The summed E-state index contributed by atoms with van der Waals surface area (Å²) in [7, 11) is 2.10. The number of carbonyl (C=O) groups is 2. The molecule has 7 rings (SSSR count). The highest BCUT2D eigenvalue weighted by atomic mass is 35.5. The van der Waals surface area contributed by atoms with E-state index in [1.54, 1.807) is 16.0 Å². The van der Waals surface area contributed by atoms with Gasteiger partial charge in [-0.1, -0.05) is 30.3 Å². The molecule has 2 aromatic carbocycles. The molecule has 3 aliphatic heterocycles. The number of amides is 2. The van der Waals surface area contributed by atoms with Crippen LogP contribution in [0.1, 0.15) is 44.7 Å². The molecule has 1 N–H and O–H groups in total. The summed E-state index contributed by atoms with van der Waals surface area (Å²) in [6.45, 7) is 9.00. The smallest absolute Gasteiger partial charge is 0.324 e. The van der Waals surface area contributed by atoms with Gasteiger partial charge in [-0.2, -0.15) is 20.3 Å². The molecule has 2 aromatic heterocycles. The molecule has 0 aliphatic carbocycles. The van der Waals surface area contributed by atoms with Gasteiger partial charge in [-0.3, -0.25) is 14.7 Å². The first-order valence-corrected chi connectivity index (χ1v) is 16.0. The van der Waals surface area contributed by atoms with Crippen molar-refractivity contribution >= 4 is 40.1 Å². The third-order valence-electron chi connectivity index (χ3n) is 9.29. The fourth-order valence-electron chi connectivity index (χ4n) is 6.88. The van der Waals surface area contributed by atoms with Gasteiger partial charge >= 0.3 is 6.01 Å². The van der Waals surface area contributed by atoms with Gasteiger partial charge in [0, 0.05) is 49.2 Å².